The summed E-state index contributed by atoms with van der Waals surface area (Å²) >= 11 is 5.43. The first-order valence-corrected chi connectivity index (χ1v) is 6.14. The number of hydrogen-bond donors (Lipinski definition) is 0. The maximum absolute atomic E-state index is 13.1. The zero-order valence-corrected chi connectivity index (χ0v) is 10.9. The molecule has 0 bridgehead atoms. The number of alkyl halides is 5. The second kappa shape index (κ2) is 5.91. The molecule has 0 N–H and O–H groups in total. The van der Waals surface area contributed by atoms with Gasteiger partial charge in [-0.3, -0.25) is 0 Å². The molecule has 5 heteroatoms. The number of hydrogen-bond acceptors (Lipinski definition) is 0. The average Bonchev–Trinajstić information content (AvgIpc) is 2.36. The Labute approximate surface area is 109 Å². The van der Waals surface area contributed by atoms with Crippen LogP contribution in [0.4, 0.5) is 17.6 Å². The summed E-state index contributed by atoms with van der Waals surface area (Å²) in [7, 11) is 0. The molecule has 0 aliphatic heterocycles. The molecule has 0 aliphatic rings. The van der Waals surface area contributed by atoms with Gasteiger partial charge in [0.1, 0.15) is 5.38 Å². The van der Waals surface area contributed by atoms with Crippen molar-refractivity contribution in [1.82, 2.24) is 0 Å². The lowest BCUT2D eigenvalue weighted by molar-refractivity contribution is -0.130. The lowest BCUT2D eigenvalue weighted by atomic mass is 9.96. The first kappa shape index (κ1) is 15.3. The van der Waals surface area contributed by atoms with Gasteiger partial charge in [-0.15, -0.1) is 11.6 Å². The minimum Gasteiger partial charge on any atom is -0.204 e. The quantitative estimate of drug-likeness (QED) is 0.502. The van der Waals surface area contributed by atoms with Crippen molar-refractivity contribution in [3.63, 3.8) is 0 Å². The van der Waals surface area contributed by atoms with Crippen molar-refractivity contribution in [2.24, 2.45) is 0 Å². The fraction of sp³-hybridized carbons (Fsp3) is 0.538. The van der Waals surface area contributed by atoms with Crippen LogP contribution >= 0.6 is 11.6 Å². The van der Waals surface area contributed by atoms with Gasteiger partial charge in [0.15, 0.2) is 0 Å². The molecule has 1 aromatic rings. The van der Waals surface area contributed by atoms with Crippen LogP contribution < -0.4 is 0 Å². The molecule has 0 saturated heterocycles. The molecule has 0 aliphatic carbocycles. The van der Waals surface area contributed by atoms with Crippen LogP contribution in [0.5, 0.6) is 0 Å². The Hall–Kier alpha value is -0.770. The Morgan fingerprint density at radius 3 is 1.94 bits per heavy atom. The summed E-state index contributed by atoms with van der Waals surface area (Å²) in [4.78, 5) is 0. The van der Waals surface area contributed by atoms with Crippen LogP contribution in [0, 0.1) is 0 Å². The van der Waals surface area contributed by atoms with Crippen molar-refractivity contribution in [3.05, 3.63) is 35.4 Å². The molecule has 0 spiro atoms. The summed E-state index contributed by atoms with van der Waals surface area (Å²) in [5.41, 5.74) is 0.986. The molecule has 0 heterocycles. The van der Waals surface area contributed by atoms with Gasteiger partial charge in [0.2, 0.25) is 0 Å². The van der Waals surface area contributed by atoms with Crippen molar-refractivity contribution in [1.29, 1.82) is 0 Å². The first-order valence-electron chi connectivity index (χ1n) is 5.70. The molecule has 0 amide bonds. The zero-order chi connectivity index (χ0) is 13.9. The molecule has 2 atom stereocenters. The lowest BCUT2D eigenvalue weighted by Crippen LogP contribution is -2.31. The highest BCUT2D eigenvalue weighted by molar-refractivity contribution is 6.21. The molecule has 18 heavy (non-hydrogen) atoms. The van der Waals surface area contributed by atoms with Crippen LogP contribution in [0.25, 0.3) is 0 Å². The van der Waals surface area contributed by atoms with E-state index in [0.29, 0.717) is 5.92 Å². The molecule has 0 fully saturated rings. The third kappa shape index (κ3) is 3.16. The number of rotatable bonds is 5. The van der Waals surface area contributed by atoms with E-state index in [1.807, 2.05) is 13.8 Å². The predicted octanol–water partition coefficient (Wildman–Crippen LogP) is 5.38. The van der Waals surface area contributed by atoms with E-state index in [1.54, 1.807) is 12.1 Å². The van der Waals surface area contributed by atoms with Crippen molar-refractivity contribution < 1.29 is 17.6 Å². The van der Waals surface area contributed by atoms with Crippen LogP contribution in [0.15, 0.2) is 24.3 Å². The molecule has 102 valence electrons. The Morgan fingerprint density at radius 1 is 1.11 bits per heavy atom. The van der Waals surface area contributed by atoms with E-state index in [2.05, 4.69) is 0 Å². The summed E-state index contributed by atoms with van der Waals surface area (Å²) in [6.07, 6.45) is -2.86. The van der Waals surface area contributed by atoms with Gasteiger partial charge in [0.25, 0.3) is 0 Å². The van der Waals surface area contributed by atoms with Gasteiger partial charge in [0, 0.05) is 0 Å². The van der Waals surface area contributed by atoms with Crippen LogP contribution in [-0.4, -0.2) is 12.3 Å². The van der Waals surface area contributed by atoms with Crippen LogP contribution in [0.3, 0.4) is 0 Å². The Morgan fingerprint density at radius 2 is 1.56 bits per heavy atom. The highest BCUT2D eigenvalue weighted by Gasteiger charge is 2.48. The molecule has 0 saturated carbocycles. The van der Waals surface area contributed by atoms with Crippen LogP contribution in [0.2, 0.25) is 0 Å². The van der Waals surface area contributed by atoms with Gasteiger partial charge in [-0.2, -0.15) is 8.78 Å². The van der Waals surface area contributed by atoms with Crippen LogP contribution in [0.1, 0.15) is 42.7 Å². The molecule has 0 nitrogen and oxygen atoms in total. The molecule has 1 rings (SSSR count). The van der Waals surface area contributed by atoms with E-state index in [0.717, 1.165) is 12.0 Å². The highest BCUT2D eigenvalue weighted by Crippen LogP contribution is 2.41. The van der Waals surface area contributed by atoms with Gasteiger partial charge in [-0.1, -0.05) is 38.1 Å². The van der Waals surface area contributed by atoms with Gasteiger partial charge >= 0.3 is 12.3 Å². The largest absolute Gasteiger partial charge is 0.327 e. The molecule has 0 radical (unpaired) electrons. The van der Waals surface area contributed by atoms with Gasteiger partial charge in [-0.05, 0) is 23.5 Å². The Kier molecular flexibility index (Phi) is 5.02. The average molecular weight is 283 g/mol. The fourth-order valence-corrected chi connectivity index (χ4v) is 1.80. The Bertz CT molecular complexity index is 375. The van der Waals surface area contributed by atoms with Crippen molar-refractivity contribution in [3.8, 4) is 0 Å². The van der Waals surface area contributed by atoms with Gasteiger partial charge in [0.05, 0.1) is 0 Å². The zero-order valence-electron chi connectivity index (χ0n) is 10.1. The topological polar surface area (TPSA) is 0 Å². The summed E-state index contributed by atoms with van der Waals surface area (Å²) in [5, 5.41) is -2.01. The summed E-state index contributed by atoms with van der Waals surface area (Å²) in [6, 6.07) is 6.08. The van der Waals surface area contributed by atoms with E-state index in [4.69, 9.17) is 11.6 Å². The Balaban J connectivity index is 2.92. The van der Waals surface area contributed by atoms with Gasteiger partial charge < -0.3 is 0 Å². The van der Waals surface area contributed by atoms with Crippen LogP contribution in [-0.2, 0) is 0 Å². The maximum atomic E-state index is 13.1. The second-order valence-electron chi connectivity index (χ2n) is 4.31. The monoisotopic (exact) mass is 282 g/mol. The van der Waals surface area contributed by atoms with Crippen molar-refractivity contribution in [2.75, 3.05) is 0 Å². The summed E-state index contributed by atoms with van der Waals surface area (Å²) in [5.74, 6) is -3.93. The van der Waals surface area contributed by atoms with E-state index < -0.39 is 17.7 Å². The minimum absolute atomic E-state index is 0.00835. The minimum atomic E-state index is -4.22. The van der Waals surface area contributed by atoms with Crippen molar-refractivity contribution in [2.45, 2.75) is 43.9 Å². The standard InChI is InChI=1S/C13H15ClF4/c1-3-8(2)9-4-6-10(7-5-9)11(14)13(17,18)12(15)16/h4-8,11-12H,3H2,1-2H3. The lowest BCUT2D eigenvalue weighted by Gasteiger charge is -2.21. The van der Waals surface area contributed by atoms with E-state index in [-0.39, 0.29) is 5.56 Å². The summed E-state index contributed by atoms with van der Waals surface area (Å²) < 4.78 is 50.5. The first-order chi connectivity index (χ1) is 8.30. The fourth-order valence-electron chi connectivity index (χ4n) is 1.56. The van der Waals surface area contributed by atoms with E-state index in [9.17, 15) is 17.6 Å². The van der Waals surface area contributed by atoms with E-state index in [1.165, 1.54) is 12.1 Å². The molecule has 1 aromatic carbocycles. The third-order valence-electron chi connectivity index (χ3n) is 3.04. The summed E-state index contributed by atoms with van der Waals surface area (Å²) in [6.45, 7) is 4.01. The third-order valence-corrected chi connectivity index (χ3v) is 3.58. The molecular weight excluding hydrogens is 268 g/mol. The number of halogens is 5. The van der Waals surface area contributed by atoms with E-state index >= 15 is 0 Å². The number of benzene rings is 1. The van der Waals surface area contributed by atoms with Gasteiger partial charge in [-0.25, -0.2) is 8.78 Å². The smallest absolute Gasteiger partial charge is 0.204 e. The highest BCUT2D eigenvalue weighted by atomic mass is 35.5. The molecule has 2 unspecified atom stereocenters. The normalized spacial score (nSPS) is 15.8. The maximum Gasteiger partial charge on any atom is 0.327 e. The van der Waals surface area contributed by atoms with Crippen molar-refractivity contribution >= 4 is 11.6 Å². The second-order valence-corrected chi connectivity index (χ2v) is 4.75. The molecule has 0 aromatic heterocycles. The predicted molar refractivity (Wildman–Crippen MR) is 64.7 cm³/mol. The SMILES string of the molecule is CCC(C)c1ccc(C(Cl)C(F)(F)C(F)F)cc1. The molecular formula is C13H15ClF4.